The SMILES string of the molecule is CC.O=Cc1cccc(-n2cc(C=O)ccc2=O)c1. The molecule has 2 rings (SSSR count). The van der Waals surface area contributed by atoms with Gasteiger partial charge in [-0.15, -0.1) is 0 Å². The highest BCUT2D eigenvalue weighted by Gasteiger charge is 2.01. The molecule has 0 saturated heterocycles. The van der Waals surface area contributed by atoms with Crippen LogP contribution in [0.5, 0.6) is 0 Å². The van der Waals surface area contributed by atoms with Crippen LogP contribution in [0.3, 0.4) is 0 Å². The number of aldehydes is 2. The van der Waals surface area contributed by atoms with Gasteiger partial charge < -0.3 is 0 Å². The molecule has 4 heteroatoms. The molecule has 0 N–H and O–H groups in total. The average Bonchev–Trinajstić information content (AvgIpc) is 2.50. The molecule has 0 bridgehead atoms. The number of pyridine rings is 1. The van der Waals surface area contributed by atoms with E-state index in [0.717, 1.165) is 0 Å². The molecule has 0 fully saturated rings. The van der Waals surface area contributed by atoms with Crippen LogP contribution in [0.15, 0.2) is 47.4 Å². The van der Waals surface area contributed by atoms with E-state index in [1.165, 1.54) is 22.9 Å². The molecule has 1 heterocycles. The Labute approximate surface area is 111 Å². The lowest BCUT2D eigenvalue weighted by molar-refractivity contribution is 0.111. The largest absolute Gasteiger partial charge is 0.298 e. The fourth-order valence-corrected chi connectivity index (χ4v) is 1.52. The summed E-state index contributed by atoms with van der Waals surface area (Å²) < 4.78 is 1.33. The van der Waals surface area contributed by atoms with Gasteiger partial charge in [0.05, 0.1) is 0 Å². The number of nitrogens with zero attached hydrogens (tertiary/aromatic N) is 1. The first-order chi connectivity index (χ1) is 9.24. The van der Waals surface area contributed by atoms with E-state index in [4.69, 9.17) is 0 Å². The summed E-state index contributed by atoms with van der Waals surface area (Å²) in [5.41, 5.74) is 1.19. The maximum Gasteiger partial charge on any atom is 0.255 e. The highest BCUT2D eigenvalue weighted by molar-refractivity contribution is 5.76. The first kappa shape index (κ1) is 14.6. The van der Waals surface area contributed by atoms with Gasteiger partial charge in [-0.1, -0.05) is 26.0 Å². The van der Waals surface area contributed by atoms with Crippen LogP contribution in [0.4, 0.5) is 0 Å². The van der Waals surface area contributed by atoms with E-state index < -0.39 is 0 Å². The average molecular weight is 257 g/mol. The Morgan fingerprint density at radius 1 is 0.947 bits per heavy atom. The van der Waals surface area contributed by atoms with E-state index in [9.17, 15) is 14.4 Å². The smallest absolute Gasteiger partial charge is 0.255 e. The van der Waals surface area contributed by atoms with Crippen molar-refractivity contribution in [1.29, 1.82) is 0 Å². The second-order valence-corrected chi connectivity index (χ2v) is 3.50. The van der Waals surface area contributed by atoms with Crippen LogP contribution in [-0.4, -0.2) is 17.1 Å². The van der Waals surface area contributed by atoms with Crippen LogP contribution in [0.2, 0.25) is 0 Å². The van der Waals surface area contributed by atoms with E-state index in [1.54, 1.807) is 24.3 Å². The number of hydrogen-bond donors (Lipinski definition) is 0. The molecule has 98 valence electrons. The van der Waals surface area contributed by atoms with E-state index in [2.05, 4.69) is 0 Å². The molecule has 4 nitrogen and oxygen atoms in total. The Morgan fingerprint density at radius 3 is 2.26 bits per heavy atom. The summed E-state index contributed by atoms with van der Waals surface area (Å²) in [5.74, 6) is 0. The lowest BCUT2D eigenvalue weighted by Crippen LogP contribution is -2.17. The number of carbonyl (C=O) groups is 2. The van der Waals surface area contributed by atoms with Crippen LogP contribution >= 0.6 is 0 Å². The molecule has 2 aromatic rings. The molecule has 0 amide bonds. The Hall–Kier alpha value is -2.49. The van der Waals surface area contributed by atoms with Crippen LogP contribution in [0.1, 0.15) is 34.6 Å². The standard InChI is InChI=1S/C13H9NO3.C2H6/c15-8-10-2-1-3-12(6-10)14-7-11(9-16)4-5-13(14)17;1-2/h1-9H;1-2H3. The summed E-state index contributed by atoms with van der Waals surface area (Å²) in [6, 6.07) is 9.38. The summed E-state index contributed by atoms with van der Waals surface area (Å²) >= 11 is 0. The Bertz CT molecular complexity index is 629. The highest BCUT2D eigenvalue weighted by Crippen LogP contribution is 2.07. The van der Waals surface area contributed by atoms with Crippen molar-refractivity contribution < 1.29 is 9.59 Å². The molecule has 0 atom stereocenters. The molecular weight excluding hydrogens is 242 g/mol. The van der Waals surface area contributed by atoms with Crippen LogP contribution < -0.4 is 5.56 Å². The topological polar surface area (TPSA) is 56.1 Å². The predicted octanol–water partition coefficient (Wildman–Crippen LogP) is 2.49. The summed E-state index contributed by atoms with van der Waals surface area (Å²) in [4.78, 5) is 33.0. The lowest BCUT2D eigenvalue weighted by atomic mass is 10.2. The van der Waals surface area contributed by atoms with Crippen LogP contribution in [0.25, 0.3) is 5.69 Å². The minimum Gasteiger partial charge on any atom is -0.298 e. The van der Waals surface area contributed by atoms with Gasteiger partial charge in [-0.05, 0) is 18.2 Å². The second-order valence-electron chi connectivity index (χ2n) is 3.50. The van der Waals surface area contributed by atoms with Crippen LogP contribution in [-0.2, 0) is 0 Å². The van der Waals surface area contributed by atoms with Gasteiger partial charge in [0.25, 0.3) is 5.56 Å². The Kier molecular flexibility index (Phi) is 5.41. The van der Waals surface area contributed by atoms with Gasteiger partial charge in [-0.3, -0.25) is 19.0 Å². The number of carbonyl (C=O) groups excluding carboxylic acids is 2. The van der Waals surface area contributed by atoms with Crippen molar-refractivity contribution in [2.75, 3.05) is 0 Å². The molecule has 1 aromatic carbocycles. The quantitative estimate of drug-likeness (QED) is 0.794. The van der Waals surface area contributed by atoms with Crippen molar-refractivity contribution in [3.63, 3.8) is 0 Å². The van der Waals surface area contributed by atoms with Gasteiger partial charge >= 0.3 is 0 Å². The normalized spacial score (nSPS) is 9.16. The fraction of sp³-hybridized carbons (Fsp3) is 0.133. The third kappa shape index (κ3) is 3.48. The van der Waals surface area contributed by atoms with Crippen molar-refractivity contribution in [3.8, 4) is 5.69 Å². The minimum absolute atomic E-state index is 0.251. The second kappa shape index (κ2) is 7.06. The van der Waals surface area contributed by atoms with E-state index in [1.807, 2.05) is 13.8 Å². The maximum atomic E-state index is 11.6. The number of aromatic nitrogens is 1. The van der Waals surface area contributed by atoms with Gasteiger partial charge in [-0.2, -0.15) is 0 Å². The fourth-order valence-electron chi connectivity index (χ4n) is 1.52. The number of rotatable bonds is 3. The van der Waals surface area contributed by atoms with Crippen molar-refractivity contribution in [2.45, 2.75) is 13.8 Å². The molecule has 1 aromatic heterocycles. The summed E-state index contributed by atoms with van der Waals surface area (Å²) in [6.45, 7) is 4.00. The maximum absolute atomic E-state index is 11.6. The molecule has 0 unspecified atom stereocenters. The molecule has 0 aliphatic rings. The van der Waals surface area contributed by atoms with Gasteiger partial charge in [0.1, 0.15) is 6.29 Å². The third-order valence-corrected chi connectivity index (χ3v) is 2.35. The van der Waals surface area contributed by atoms with Gasteiger partial charge in [0.15, 0.2) is 6.29 Å². The van der Waals surface area contributed by atoms with E-state index >= 15 is 0 Å². The summed E-state index contributed by atoms with van der Waals surface area (Å²) in [7, 11) is 0. The van der Waals surface area contributed by atoms with Gasteiger partial charge in [0, 0.05) is 29.1 Å². The first-order valence-electron chi connectivity index (χ1n) is 5.98. The third-order valence-electron chi connectivity index (χ3n) is 2.35. The number of benzene rings is 1. The zero-order valence-corrected chi connectivity index (χ0v) is 10.9. The molecule has 0 spiro atoms. The van der Waals surface area contributed by atoms with Crippen molar-refractivity contribution in [3.05, 3.63) is 64.1 Å². The van der Waals surface area contributed by atoms with Crippen LogP contribution in [0, 0.1) is 0 Å². The minimum atomic E-state index is -0.251. The van der Waals surface area contributed by atoms with Crippen molar-refractivity contribution in [1.82, 2.24) is 4.57 Å². The monoisotopic (exact) mass is 257 g/mol. The van der Waals surface area contributed by atoms with Gasteiger partial charge in [-0.25, -0.2) is 0 Å². The highest BCUT2D eigenvalue weighted by atomic mass is 16.1. The molecule has 0 saturated carbocycles. The lowest BCUT2D eigenvalue weighted by Gasteiger charge is -2.06. The Morgan fingerprint density at radius 2 is 1.63 bits per heavy atom. The zero-order chi connectivity index (χ0) is 14.3. The predicted molar refractivity (Wildman–Crippen MR) is 74.2 cm³/mol. The zero-order valence-electron chi connectivity index (χ0n) is 10.9. The van der Waals surface area contributed by atoms with Gasteiger partial charge in [0.2, 0.25) is 0 Å². The molecule has 0 radical (unpaired) electrons. The summed E-state index contributed by atoms with van der Waals surface area (Å²) in [5, 5.41) is 0. The molecular formula is C15H15NO3. The van der Waals surface area contributed by atoms with Crippen molar-refractivity contribution >= 4 is 12.6 Å². The molecule has 0 aliphatic heterocycles. The Balaban J connectivity index is 0.000000861. The summed E-state index contributed by atoms with van der Waals surface area (Å²) in [6.07, 6.45) is 2.82. The van der Waals surface area contributed by atoms with E-state index in [-0.39, 0.29) is 5.56 Å². The molecule has 19 heavy (non-hydrogen) atoms. The van der Waals surface area contributed by atoms with E-state index in [0.29, 0.717) is 29.4 Å². The number of hydrogen-bond acceptors (Lipinski definition) is 3. The van der Waals surface area contributed by atoms with Crippen molar-refractivity contribution in [2.24, 2.45) is 0 Å². The first-order valence-corrected chi connectivity index (χ1v) is 5.98. The molecule has 0 aliphatic carbocycles.